The van der Waals surface area contributed by atoms with Crippen molar-refractivity contribution >= 4 is 40.8 Å². The summed E-state index contributed by atoms with van der Waals surface area (Å²) in [5, 5.41) is 0.654. The van der Waals surface area contributed by atoms with Gasteiger partial charge in [-0.15, -0.1) is 11.8 Å². The molecule has 3 rings (SSSR count). The first kappa shape index (κ1) is 24.7. The van der Waals surface area contributed by atoms with Gasteiger partial charge in [-0.2, -0.15) is 0 Å². The number of hydrogen-bond acceptors (Lipinski definition) is 5. The summed E-state index contributed by atoms with van der Waals surface area (Å²) in [4.78, 5) is 43.1. The van der Waals surface area contributed by atoms with Crippen molar-refractivity contribution in [2.75, 3.05) is 22.9 Å². The average molecular weight is 487 g/mol. The van der Waals surface area contributed by atoms with Crippen molar-refractivity contribution in [3.63, 3.8) is 0 Å². The van der Waals surface area contributed by atoms with E-state index in [9.17, 15) is 14.4 Å². The molecule has 2 aromatic carbocycles. The SMILES string of the molecule is CCCCN(C(=O)CCSc1ccc(Cl)cc1)c1c(N)n(Cc2ccccc2)c(=O)[nH]c1=O. The second-order valence-electron chi connectivity index (χ2n) is 7.52. The molecule has 0 bridgehead atoms. The molecule has 0 saturated heterocycles. The molecule has 0 unspecified atom stereocenters. The van der Waals surface area contributed by atoms with Crippen LogP contribution in [0.1, 0.15) is 31.7 Å². The van der Waals surface area contributed by atoms with Crippen molar-refractivity contribution in [3.05, 3.63) is 86.0 Å². The van der Waals surface area contributed by atoms with E-state index in [1.807, 2.05) is 49.4 Å². The Morgan fingerprint density at radius 3 is 2.48 bits per heavy atom. The lowest BCUT2D eigenvalue weighted by Gasteiger charge is -2.24. The molecule has 0 aliphatic rings. The molecule has 3 aromatic rings. The van der Waals surface area contributed by atoms with Gasteiger partial charge in [0, 0.05) is 28.6 Å². The fourth-order valence-corrected chi connectivity index (χ4v) is 4.33. The molecule has 7 nitrogen and oxygen atoms in total. The highest BCUT2D eigenvalue weighted by atomic mass is 35.5. The number of nitrogens with two attached hydrogens (primary N) is 1. The van der Waals surface area contributed by atoms with Gasteiger partial charge >= 0.3 is 5.69 Å². The van der Waals surface area contributed by atoms with E-state index in [1.54, 1.807) is 12.1 Å². The molecule has 0 saturated carbocycles. The zero-order valence-electron chi connectivity index (χ0n) is 18.4. The Hall–Kier alpha value is -2.97. The number of halogens is 1. The number of benzene rings is 2. The third-order valence-electron chi connectivity index (χ3n) is 5.10. The minimum Gasteiger partial charge on any atom is -0.383 e. The Morgan fingerprint density at radius 2 is 1.82 bits per heavy atom. The molecule has 1 amide bonds. The van der Waals surface area contributed by atoms with Crippen molar-refractivity contribution in [2.45, 2.75) is 37.6 Å². The van der Waals surface area contributed by atoms with Crippen LogP contribution in [0, 0.1) is 0 Å². The van der Waals surface area contributed by atoms with Crippen molar-refractivity contribution in [2.24, 2.45) is 0 Å². The van der Waals surface area contributed by atoms with Crippen LogP contribution in [0.4, 0.5) is 11.5 Å². The molecular weight excluding hydrogens is 460 g/mol. The predicted molar refractivity (Wildman–Crippen MR) is 135 cm³/mol. The van der Waals surface area contributed by atoms with Crippen LogP contribution in [0.2, 0.25) is 5.02 Å². The number of thioether (sulfide) groups is 1. The first-order valence-electron chi connectivity index (χ1n) is 10.8. The number of aromatic nitrogens is 2. The van der Waals surface area contributed by atoms with Gasteiger partial charge in [-0.05, 0) is 36.2 Å². The highest BCUT2D eigenvalue weighted by Gasteiger charge is 2.23. The highest BCUT2D eigenvalue weighted by Crippen LogP contribution is 2.23. The number of carbonyl (C=O) groups is 1. The third kappa shape index (κ3) is 6.52. The standard InChI is InChI=1S/C24H27ClN4O3S/c1-2-3-14-28(20(30)13-15-33-19-11-9-18(25)10-12-19)21-22(26)29(24(32)27-23(21)31)16-17-7-5-4-6-8-17/h4-12H,2-3,13-16,26H2,1H3,(H,27,31,32). The van der Waals surface area contributed by atoms with Gasteiger partial charge in [0.05, 0.1) is 6.54 Å². The lowest BCUT2D eigenvalue weighted by atomic mass is 10.2. The summed E-state index contributed by atoms with van der Waals surface area (Å²) in [6.45, 7) is 2.54. The Kier molecular flexibility index (Phi) is 8.79. The molecule has 33 heavy (non-hydrogen) atoms. The molecule has 0 fully saturated rings. The number of aromatic amines is 1. The molecule has 3 N–H and O–H groups in total. The molecule has 1 aromatic heterocycles. The first-order chi connectivity index (χ1) is 15.9. The lowest BCUT2D eigenvalue weighted by Crippen LogP contribution is -2.41. The topological polar surface area (TPSA) is 101 Å². The summed E-state index contributed by atoms with van der Waals surface area (Å²) >= 11 is 7.45. The van der Waals surface area contributed by atoms with Gasteiger partial charge in [-0.3, -0.25) is 19.1 Å². The zero-order valence-corrected chi connectivity index (χ0v) is 20.0. The summed E-state index contributed by atoms with van der Waals surface area (Å²) in [5.74, 6) is 0.305. The molecule has 0 spiro atoms. The van der Waals surface area contributed by atoms with E-state index in [1.165, 1.54) is 21.2 Å². The van der Waals surface area contributed by atoms with E-state index in [2.05, 4.69) is 4.98 Å². The molecule has 0 aliphatic carbocycles. The van der Waals surface area contributed by atoms with E-state index in [-0.39, 0.29) is 30.4 Å². The number of nitrogen functional groups attached to an aromatic ring is 1. The van der Waals surface area contributed by atoms with Gasteiger partial charge in [0.25, 0.3) is 5.56 Å². The third-order valence-corrected chi connectivity index (χ3v) is 6.37. The number of rotatable bonds is 10. The summed E-state index contributed by atoms with van der Waals surface area (Å²) in [7, 11) is 0. The van der Waals surface area contributed by atoms with E-state index in [4.69, 9.17) is 17.3 Å². The second-order valence-corrected chi connectivity index (χ2v) is 9.12. The number of unbranched alkanes of at least 4 members (excludes halogenated alkanes) is 1. The summed E-state index contributed by atoms with van der Waals surface area (Å²) in [6, 6.07) is 16.7. The van der Waals surface area contributed by atoms with Crippen LogP contribution >= 0.6 is 23.4 Å². The maximum Gasteiger partial charge on any atom is 0.330 e. The molecular formula is C24H27ClN4O3S. The van der Waals surface area contributed by atoms with Crippen LogP contribution in [-0.4, -0.2) is 27.8 Å². The number of amides is 1. The smallest absolute Gasteiger partial charge is 0.330 e. The van der Waals surface area contributed by atoms with Gasteiger partial charge in [0.2, 0.25) is 5.91 Å². The Balaban J connectivity index is 1.85. The Bertz CT molecular complexity index is 1190. The molecule has 174 valence electrons. The fourth-order valence-electron chi connectivity index (χ4n) is 3.36. The van der Waals surface area contributed by atoms with Crippen LogP contribution in [-0.2, 0) is 11.3 Å². The zero-order chi connectivity index (χ0) is 23.8. The van der Waals surface area contributed by atoms with Crippen molar-refractivity contribution in [1.82, 2.24) is 9.55 Å². The van der Waals surface area contributed by atoms with E-state index in [0.29, 0.717) is 23.7 Å². The largest absolute Gasteiger partial charge is 0.383 e. The number of nitrogens with zero attached hydrogens (tertiary/aromatic N) is 2. The molecule has 0 atom stereocenters. The number of anilines is 2. The summed E-state index contributed by atoms with van der Waals surface area (Å²) < 4.78 is 1.29. The quantitative estimate of drug-likeness (QED) is 0.419. The summed E-state index contributed by atoms with van der Waals surface area (Å²) in [5.41, 5.74) is 5.93. The van der Waals surface area contributed by atoms with Gasteiger partial charge in [0.1, 0.15) is 5.82 Å². The first-order valence-corrected chi connectivity index (χ1v) is 12.1. The second kappa shape index (κ2) is 11.8. The van der Waals surface area contributed by atoms with Gasteiger partial charge in [-0.25, -0.2) is 4.79 Å². The molecule has 0 aliphatic heterocycles. The molecule has 9 heteroatoms. The van der Waals surface area contributed by atoms with Crippen LogP contribution in [0.3, 0.4) is 0 Å². The maximum absolute atomic E-state index is 13.1. The van der Waals surface area contributed by atoms with Crippen LogP contribution in [0.25, 0.3) is 0 Å². The highest BCUT2D eigenvalue weighted by molar-refractivity contribution is 7.99. The van der Waals surface area contributed by atoms with Gasteiger partial charge < -0.3 is 10.6 Å². The normalized spacial score (nSPS) is 10.8. The fraction of sp³-hybridized carbons (Fsp3) is 0.292. The minimum absolute atomic E-state index is 0.0117. The average Bonchev–Trinajstić information content (AvgIpc) is 2.80. The van der Waals surface area contributed by atoms with E-state index in [0.717, 1.165) is 16.9 Å². The van der Waals surface area contributed by atoms with Gasteiger partial charge in [-0.1, -0.05) is 55.3 Å². The van der Waals surface area contributed by atoms with Crippen LogP contribution in [0.5, 0.6) is 0 Å². The number of nitrogens with one attached hydrogen (secondary N) is 1. The van der Waals surface area contributed by atoms with Crippen LogP contribution < -0.4 is 21.9 Å². The van der Waals surface area contributed by atoms with Crippen molar-refractivity contribution in [1.29, 1.82) is 0 Å². The van der Waals surface area contributed by atoms with Crippen molar-refractivity contribution in [3.8, 4) is 0 Å². The Morgan fingerprint density at radius 1 is 1.12 bits per heavy atom. The number of carbonyl (C=O) groups excluding carboxylic acids is 1. The minimum atomic E-state index is -0.656. The number of H-pyrrole nitrogens is 1. The maximum atomic E-state index is 13.1. The van der Waals surface area contributed by atoms with E-state index >= 15 is 0 Å². The predicted octanol–water partition coefficient (Wildman–Crippen LogP) is 4.14. The summed E-state index contributed by atoms with van der Waals surface area (Å²) in [6.07, 6.45) is 1.76. The van der Waals surface area contributed by atoms with E-state index < -0.39 is 11.2 Å². The van der Waals surface area contributed by atoms with Crippen LogP contribution in [0.15, 0.2) is 69.1 Å². The molecule has 1 heterocycles. The Labute approximate surface area is 201 Å². The number of hydrogen-bond donors (Lipinski definition) is 2. The van der Waals surface area contributed by atoms with Gasteiger partial charge in [0.15, 0.2) is 5.69 Å². The monoisotopic (exact) mass is 486 g/mol. The van der Waals surface area contributed by atoms with Crippen molar-refractivity contribution < 1.29 is 4.79 Å². The molecule has 0 radical (unpaired) electrons. The lowest BCUT2D eigenvalue weighted by molar-refractivity contribution is -0.118.